The van der Waals surface area contributed by atoms with Crippen molar-refractivity contribution in [3.63, 3.8) is 0 Å². The minimum Gasteiger partial charge on any atom is -0.352 e. The van der Waals surface area contributed by atoms with E-state index in [1.54, 1.807) is 16.6 Å². The molecule has 0 saturated carbocycles. The first kappa shape index (κ1) is 17.1. The molecule has 0 radical (unpaired) electrons. The minimum absolute atomic E-state index is 0.00389. The number of halogens is 2. The zero-order chi connectivity index (χ0) is 19.4. The van der Waals surface area contributed by atoms with Crippen LogP contribution in [-0.2, 0) is 7.05 Å². The van der Waals surface area contributed by atoms with Gasteiger partial charge in [-0.1, -0.05) is 0 Å². The molecule has 2 unspecified atom stereocenters. The first-order valence-electron chi connectivity index (χ1n) is 9.11. The molecule has 3 aromatic heterocycles. The van der Waals surface area contributed by atoms with Crippen molar-refractivity contribution in [2.45, 2.75) is 24.9 Å². The van der Waals surface area contributed by atoms with Crippen LogP contribution >= 0.6 is 0 Å². The Balaban J connectivity index is 1.44. The van der Waals surface area contributed by atoms with Crippen LogP contribution in [0.5, 0.6) is 0 Å². The quantitative estimate of drug-likeness (QED) is 0.714. The van der Waals surface area contributed by atoms with Gasteiger partial charge in [-0.15, -0.1) is 5.10 Å². The Morgan fingerprint density at radius 2 is 1.93 bits per heavy atom. The van der Waals surface area contributed by atoms with Crippen molar-refractivity contribution in [2.75, 3.05) is 23.3 Å². The number of rotatable bonds is 4. The molecule has 6 heterocycles. The molecule has 2 bridgehead atoms. The third-order valence-electron chi connectivity index (χ3n) is 5.28. The highest BCUT2D eigenvalue weighted by Crippen LogP contribution is 2.27. The summed E-state index contributed by atoms with van der Waals surface area (Å²) < 4.78 is 29.1. The number of nitrogens with zero attached hydrogens (tertiary/aromatic N) is 5. The lowest BCUT2D eigenvalue weighted by Crippen LogP contribution is -2.67. The van der Waals surface area contributed by atoms with Crippen molar-refractivity contribution in [1.82, 2.24) is 24.7 Å². The number of anilines is 2. The molecule has 3 aliphatic rings. The predicted octanol–water partition coefficient (Wildman–Crippen LogP) is 1.81. The number of amides is 1. The maximum atomic E-state index is 13.1. The molecule has 3 aromatic rings. The van der Waals surface area contributed by atoms with Gasteiger partial charge in [0.2, 0.25) is 0 Å². The van der Waals surface area contributed by atoms with Gasteiger partial charge >= 0.3 is 0 Å². The normalized spacial score (nSPS) is 21.2. The van der Waals surface area contributed by atoms with E-state index in [-0.39, 0.29) is 11.4 Å². The Kier molecular flexibility index (Phi) is 3.83. The second-order valence-electron chi connectivity index (χ2n) is 7.30. The number of alkyl halides is 2. The average molecular weight is 387 g/mol. The molecule has 3 aliphatic heterocycles. The molecule has 2 N–H and O–H groups in total. The number of aryl methyl sites for hydroxylation is 1. The third-order valence-corrected chi connectivity index (χ3v) is 5.28. The molecule has 6 rings (SSSR count). The van der Waals surface area contributed by atoms with Crippen LogP contribution in [0.15, 0.2) is 30.5 Å². The second kappa shape index (κ2) is 6.26. The molecular weight excluding hydrogens is 368 g/mol. The lowest BCUT2D eigenvalue weighted by Gasteiger charge is -2.48. The number of carbonyl (C=O) groups excluding carboxylic acids is 1. The lowest BCUT2D eigenvalue weighted by molar-refractivity contribution is 0.101. The summed E-state index contributed by atoms with van der Waals surface area (Å²) in [5.74, 6) is 0.284. The fraction of sp³-hybridized carbons (Fsp3) is 0.389. The van der Waals surface area contributed by atoms with Crippen LogP contribution in [0.25, 0.3) is 5.52 Å². The summed E-state index contributed by atoms with van der Waals surface area (Å²) in [7, 11) is 1.53. The number of fused-ring (bicyclic) bond motifs is 3. The molecule has 146 valence electrons. The van der Waals surface area contributed by atoms with Crippen LogP contribution in [0, 0.1) is 0 Å². The average Bonchev–Trinajstić information content (AvgIpc) is 3.24. The summed E-state index contributed by atoms with van der Waals surface area (Å²) in [5.41, 5.74) is 0.580. The largest absolute Gasteiger partial charge is 0.352 e. The summed E-state index contributed by atoms with van der Waals surface area (Å²) in [6.07, 6.45) is -0.224. The predicted molar refractivity (Wildman–Crippen MR) is 98.9 cm³/mol. The second-order valence-corrected chi connectivity index (χ2v) is 7.30. The van der Waals surface area contributed by atoms with Crippen LogP contribution in [0.2, 0.25) is 0 Å². The number of piperidine rings is 1. The van der Waals surface area contributed by atoms with Gasteiger partial charge in [0.15, 0.2) is 5.69 Å². The third kappa shape index (κ3) is 2.80. The van der Waals surface area contributed by atoms with E-state index in [9.17, 15) is 13.6 Å². The summed E-state index contributed by atoms with van der Waals surface area (Å²) in [6.45, 7) is 1.76. The number of hydrogen-bond acceptors (Lipinski definition) is 5. The molecule has 28 heavy (non-hydrogen) atoms. The standard InChI is InChI=1S/C18H19F2N7O/c1-25-9-13(16(24-25)17(19)20)22-18(28)14-4-2-12-3-5-15(23-27(12)14)26-7-10-6-11(8-26)21-10/h2-5,9-11,17,21H,6-8H2,1H3,(H,22,28). The van der Waals surface area contributed by atoms with Crippen molar-refractivity contribution in [1.29, 1.82) is 0 Å². The molecule has 3 fully saturated rings. The maximum absolute atomic E-state index is 13.1. The first-order valence-corrected chi connectivity index (χ1v) is 9.11. The highest BCUT2D eigenvalue weighted by atomic mass is 19.3. The molecule has 3 saturated heterocycles. The van der Waals surface area contributed by atoms with Crippen LogP contribution in [0.1, 0.15) is 29.0 Å². The van der Waals surface area contributed by atoms with Crippen molar-refractivity contribution in [3.8, 4) is 0 Å². The summed E-state index contributed by atoms with van der Waals surface area (Å²) >= 11 is 0. The molecular formula is C18H19F2N7O. The van der Waals surface area contributed by atoms with E-state index >= 15 is 0 Å². The van der Waals surface area contributed by atoms with Crippen LogP contribution < -0.4 is 15.5 Å². The SMILES string of the molecule is Cn1cc(NC(=O)c2ccc3ccc(N4CC5CC(C4)N5)nn23)c(C(F)F)n1. The van der Waals surface area contributed by atoms with Gasteiger partial charge in [-0.05, 0) is 30.7 Å². The fourth-order valence-electron chi connectivity index (χ4n) is 3.97. The number of aromatic nitrogens is 4. The fourth-order valence-corrected chi connectivity index (χ4v) is 3.97. The van der Waals surface area contributed by atoms with E-state index in [0.717, 1.165) is 24.4 Å². The number of hydrogen-bond donors (Lipinski definition) is 2. The van der Waals surface area contributed by atoms with Gasteiger partial charge in [0.25, 0.3) is 12.3 Å². The van der Waals surface area contributed by atoms with Gasteiger partial charge in [0, 0.05) is 38.4 Å². The van der Waals surface area contributed by atoms with Crippen LogP contribution in [-0.4, -0.2) is 50.5 Å². The Morgan fingerprint density at radius 3 is 2.64 bits per heavy atom. The van der Waals surface area contributed by atoms with E-state index in [0.29, 0.717) is 12.1 Å². The lowest BCUT2D eigenvalue weighted by atomic mass is 9.91. The van der Waals surface area contributed by atoms with Crippen molar-refractivity contribution in [2.24, 2.45) is 7.05 Å². The van der Waals surface area contributed by atoms with Crippen LogP contribution in [0.4, 0.5) is 20.3 Å². The van der Waals surface area contributed by atoms with Crippen molar-refractivity contribution >= 4 is 22.9 Å². The van der Waals surface area contributed by atoms with Crippen molar-refractivity contribution in [3.05, 3.63) is 41.9 Å². The summed E-state index contributed by atoms with van der Waals surface area (Å²) in [5, 5.41) is 14.3. The molecule has 2 atom stereocenters. The minimum atomic E-state index is -2.77. The molecule has 10 heteroatoms. The van der Waals surface area contributed by atoms with Gasteiger partial charge in [0.1, 0.15) is 11.5 Å². The van der Waals surface area contributed by atoms with Gasteiger partial charge in [-0.2, -0.15) is 5.10 Å². The number of piperazine rings is 1. The first-order chi connectivity index (χ1) is 13.5. The Morgan fingerprint density at radius 1 is 1.21 bits per heavy atom. The summed E-state index contributed by atoms with van der Waals surface area (Å²) in [6, 6.07) is 8.23. The number of carbonyl (C=O) groups is 1. The van der Waals surface area contributed by atoms with Gasteiger partial charge in [-0.25, -0.2) is 13.3 Å². The van der Waals surface area contributed by atoms with Gasteiger partial charge < -0.3 is 15.5 Å². The highest BCUT2D eigenvalue weighted by molar-refractivity contribution is 6.04. The van der Waals surface area contributed by atoms with E-state index < -0.39 is 18.0 Å². The molecule has 0 spiro atoms. The maximum Gasteiger partial charge on any atom is 0.284 e. The van der Waals surface area contributed by atoms with Crippen LogP contribution in [0.3, 0.4) is 0 Å². The monoisotopic (exact) mass is 387 g/mol. The van der Waals surface area contributed by atoms with E-state index in [1.165, 1.54) is 24.3 Å². The smallest absolute Gasteiger partial charge is 0.284 e. The highest BCUT2D eigenvalue weighted by Gasteiger charge is 2.37. The van der Waals surface area contributed by atoms with E-state index in [4.69, 9.17) is 0 Å². The van der Waals surface area contributed by atoms with Crippen molar-refractivity contribution < 1.29 is 13.6 Å². The molecule has 0 aromatic carbocycles. The topological polar surface area (TPSA) is 79.5 Å². The van der Waals surface area contributed by atoms with E-state index in [1.807, 2.05) is 12.1 Å². The van der Waals surface area contributed by atoms with Gasteiger partial charge in [0.05, 0.1) is 11.2 Å². The Labute approximate surface area is 159 Å². The zero-order valence-corrected chi connectivity index (χ0v) is 15.1. The number of nitrogens with one attached hydrogen (secondary N) is 2. The summed E-state index contributed by atoms with van der Waals surface area (Å²) in [4.78, 5) is 14.9. The zero-order valence-electron chi connectivity index (χ0n) is 15.1. The molecule has 8 nitrogen and oxygen atoms in total. The molecule has 1 amide bonds. The van der Waals surface area contributed by atoms with Gasteiger partial charge in [-0.3, -0.25) is 9.48 Å². The van der Waals surface area contributed by atoms with E-state index in [2.05, 4.69) is 25.7 Å². The Hall–Kier alpha value is -3.01. The molecule has 0 aliphatic carbocycles. The Bertz CT molecular complexity index is 1040.